The number of aryl methyl sites for hydroxylation is 2. The molecule has 2 aromatic heterocycles. The molecule has 2 heteroatoms. The van der Waals surface area contributed by atoms with Crippen molar-refractivity contribution in [2.75, 3.05) is 0 Å². The maximum absolute atomic E-state index is 5.46. The molecule has 0 atom stereocenters. The van der Waals surface area contributed by atoms with Crippen molar-refractivity contribution in [3.63, 3.8) is 0 Å². The molecule has 0 aliphatic heterocycles. The van der Waals surface area contributed by atoms with Gasteiger partial charge in [0, 0.05) is 6.20 Å². The predicted molar refractivity (Wildman–Crippen MR) is 51.4 cm³/mol. The molecule has 2 nitrogen and oxygen atoms in total. The van der Waals surface area contributed by atoms with Crippen LogP contribution in [0.1, 0.15) is 11.3 Å². The van der Waals surface area contributed by atoms with Crippen LogP contribution in [0.25, 0.3) is 11.5 Å². The van der Waals surface area contributed by atoms with Gasteiger partial charge in [-0.15, -0.1) is 0 Å². The largest absolute Gasteiger partial charge is 0.460 e. The molecule has 0 spiro atoms. The predicted octanol–water partition coefficient (Wildman–Crippen LogP) is 2.96. The van der Waals surface area contributed by atoms with Crippen molar-refractivity contribution in [1.82, 2.24) is 4.98 Å². The highest BCUT2D eigenvalue weighted by Gasteiger charge is 2.02. The number of rotatable bonds is 1. The highest BCUT2D eigenvalue weighted by Crippen LogP contribution is 2.19. The zero-order chi connectivity index (χ0) is 9.26. The number of aromatic nitrogens is 1. The van der Waals surface area contributed by atoms with Crippen LogP contribution in [-0.2, 0) is 0 Å². The Balaban J connectivity index is 2.46. The minimum Gasteiger partial charge on any atom is -0.460 e. The zero-order valence-corrected chi connectivity index (χ0v) is 7.74. The van der Waals surface area contributed by atoms with Gasteiger partial charge in [-0.05, 0) is 43.7 Å². The molecule has 0 saturated carbocycles. The third kappa shape index (κ3) is 1.61. The minimum atomic E-state index is 0.834. The molecule has 0 unspecified atom stereocenters. The fraction of sp³-hybridized carbons (Fsp3) is 0.182. The molecule has 0 aliphatic carbocycles. The lowest BCUT2D eigenvalue weighted by Crippen LogP contribution is -1.81. The quantitative estimate of drug-likeness (QED) is 0.662. The van der Waals surface area contributed by atoms with Crippen molar-refractivity contribution >= 4 is 0 Å². The van der Waals surface area contributed by atoms with Gasteiger partial charge in [-0.3, -0.25) is 4.98 Å². The first-order valence-corrected chi connectivity index (χ1v) is 4.25. The summed E-state index contributed by atoms with van der Waals surface area (Å²) in [5.74, 6) is 1.75. The first-order chi connectivity index (χ1) is 6.25. The van der Waals surface area contributed by atoms with Gasteiger partial charge in [-0.25, -0.2) is 0 Å². The Morgan fingerprint density at radius 3 is 2.62 bits per heavy atom. The maximum Gasteiger partial charge on any atom is 0.152 e. The van der Waals surface area contributed by atoms with Crippen LogP contribution in [0.5, 0.6) is 0 Å². The van der Waals surface area contributed by atoms with E-state index < -0.39 is 0 Å². The molecular formula is C11H11NO. The van der Waals surface area contributed by atoms with Crippen molar-refractivity contribution in [2.45, 2.75) is 13.8 Å². The summed E-state index contributed by atoms with van der Waals surface area (Å²) in [7, 11) is 0. The van der Waals surface area contributed by atoms with Crippen LogP contribution in [0, 0.1) is 13.8 Å². The highest BCUT2D eigenvalue weighted by atomic mass is 16.3. The fourth-order valence-corrected chi connectivity index (χ4v) is 1.24. The molecule has 0 amide bonds. The van der Waals surface area contributed by atoms with Crippen LogP contribution in [-0.4, -0.2) is 4.98 Å². The molecule has 0 aliphatic rings. The van der Waals surface area contributed by atoms with Gasteiger partial charge in [0.25, 0.3) is 0 Å². The molecule has 0 aromatic carbocycles. The maximum atomic E-state index is 5.46. The van der Waals surface area contributed by atoms with Gasteiger partial charge in [-0.1, -0.05) is 0 Å². The van der Waals surface area contributed by atoms with Crippen molar-refractivity contribution in [3.8, 4) is 11.5 Å². The summed E-state index contributed by atoms with van der Waals surface area (Å²) >= 11 is 0. The lowest BCUT2D eigenvalue weighted by atomic mass is 10.2. The van der Waals surface area contributed by atoms with E-state index in [4.69, 9.17) is 4.42 Å². The van der Waals surface area contributed by atoms with E-state index in [1.807, 2.05) is 38.1 Å². The molecule has 0 bridgehead atoms. The lowest BCUT2D eigenvalue weighted by molar-refractivity contribution is 0.546. The summed E-state index contributed by atoms with van der Waals surface area (Å²) in [5.41, 5.74) is 2.09. The monoisotopic (exact) mass is 173 g/mol. The number of nitrogens with zero attached hydrogens (tertiary/aromatic N) is 1. The summed E-state index contributed by atoms with van der Waals surface area (Å²) in [4.78, 5) is 4.23. The van der Waals surface area contributed by atoms with Gasteiger partial charge in [0.1, 0.15) is 11.5 Å². The molecule has 0 radical (unpaired) electrons. The van der Waals surface area contributed by atoms with Crippen molar-refractivity contribution in [1.29, 1.82) is 0 Å². The number of furan rings is 1. The van der Waals surface area contributed by atoms with Gasteiger partial charge < -0.3 is 4.42 Å². The van der Waals surface area contributed by atoms with Gasteiger partial charge in [-0.2, -0.15) is 0 Å². The van der Waals surface area contributed by atoms with Crippen LogP contribution >= 0.6 is 0 Å². The normalized spacial score (nSPS) is 10.3. The summed E-state index contributed by atoms with van der Waals surface area (Å²) in [6, 6.07) is 7.87. The van der Waals surface area contributed by atoms with Gasteiger partial charge in [0.2, 0.25) is 0 Å². The molecule has 2 heterocycles. The smallest absolute Gasteiger partial charge is 0.152 e. The third-order valence-electron chi connectivity index (χ3n) is 1.91. The average Bonchev–Trinajstić information content (AvgIpc) is 2.52. The molecule has 2 aromatic rings. The Morgan fingerprint density at radius 1 is 1.15 bits per heavy atom. The van der Waals surface area contributed by atoms with Gasteiger partial charge >= 0.3 is 0 Å². The molecule has 2 rings (SSSR count). The van der Waals surface area contributed by atoms with Crippen LogP contribution in [0.2, 0.25) is 0 Å². The van der Waals surface area contributed by atoms with Crippen LogP contribution in [0.15, 0.2) is 34.9 Å². The summed E-state index contributed by atoms with van der Waals surface area (Å²) in [5, 5.41) is 0. The molecule has 66 valence electrons. The number of hydrogen-bond donors (Lipinski definition) is 0. The van der Waals surface area contributed by atoms with Crippen molar-refractivity contribution in [2.24, 2.45) is 0 Å². The average molecular weight is 173 g/mol. The first kappa shape index (κ1) is 8.05. The van der Waals surface area contributed by atoms with Crippen LogP contribution in [0.4, 0.5) is 0 Å². The Labute approximate surface area is 77.2 Å². The molecule has 13 heavy (non-hydrogen) atoms. The van der Waals surface area contributed by atoms with Gasteiger partial charge in [0.05, 0.1) is 0 Å². The highest BCUT2D eigenvalue weighted by molar-refractivity contribution is 5.52. The van der Waals surface area contributed by atoms with Gasteiger partial charge in [0.15, 0.2) is 5.76 Å². The van der Waals surface area contributed by atoms with E-state index in [2.05, 4.69) is 4.98 Å². The van der Waals surface area contributed by atoms with Crippen molar-refractivity contribution in [3.05, 3.63) is 41.8 Å². The topological polar surface area (TPSA) is 26.0 Å². The summed E-state index contributed by atoms with van der Waals surface area (Å²) in [6.07, 6.45) is 1.79. The second-order valence-corrected chi connectivity index (χ2v) is 3.13. The molecule has 0 saturated heterocycles. The second-order valence-electron chi connectivity index (χ2n) is 3.13. The molecular weight excluding hydrogens is 162 g/mol. The number of hydrogen-bond acceptors (Lipinski definition) is 2. The summed E-state index contributed by atoms with van der Waals surface area (Å²) < 4.78 is 5.46. The standard InChI is InChI=1S/C11H11NO/c1-8-5-6-12-10(7-8)11-4-3-9(2)13-11/h3-7H,1-2H3. The van der Waals surface area contributed by atoms with E-state index in [-0.39, 0.29) is 0 Å². The Bertz CT molecular complexity index is 418. The van der Waals surface area contributed by atoms with E-state index in [1.165, 1.54) is 5.56 Å². The van der Waals surface area contributed by atoms with E-state index >= 15 is 0 Å². The molecule has 0 fully saturated rings. The third-order valence-corrected chi connectivity index (χ3v) is 1.91. The van der Waals surface area contributed by atoms with Crippen LogP contribution < -0.4 is 0 Å². The van der Waals surface area contributed by atoms with Crippen LogP contribution in [0.3, 0.4) is 0 Å². The summed E-state index contributed by atoms with van der Waals surface area (Å²) in [6.45, 7) is 3.97. The van der Waals surface area contributed by atoms with E-state index in [1.54, 1.807) is 6.20 Å². The number of pyridine rings is 1. The SMILES string of the molecule is Cc1ccnc(-c2ccc(C)o2)c1. The first-order valence-electron chi connectivity index (χ1n) is 4.25. The fourth-order valence-electron chi connectivity index (χ4n) is 1.24. The lowest BCUT2D eigenvalue weighted by Gasteiger charge is -1.96. The van der Waals surface area contributed by atoms with E-state index in [9.17, 15) is 0 Å². The van der Waals surface area contributed by atoms with E-state index in [0.29, 0.717) is 0 Å². The van der Waals surface area contributed by atoms with E-state index in [0.717, 1.165) is 17.2 Å². The Hall–Kier alpha value is -1.57. The zero-order valence-electron chi connectivity index (χ0n) is 7.74. The Kier molecular flexibility index (Phi) is 1.89. The second kappa shape index (κ2) is 3.05. The minimum absolute atomic E-state index is 0.834. The Morgan fingerprint density at radius 2 is 2.00 bits per heavy atom. The molecule has 0 N–H and O–H groups in total. The van der Waals surface area contributed by atoms with Crippen molar-refractivity contribution < 1.29 is 4.42 Å².